The third kappa shape index (κ3) is 2.17. The maximum absolute atomic E-state index is 11.7. The molecule has 1 atom stereocenters. The molecule has 1 aromatic carbocycles. The number of methoxy groups -OCH3 is 1. The molecule has 5 nitrogen and oxygen atoms in total. The Hall–Kier alpha value is -2.39. The van der Waals surface area contributed by atoms with Gasteiger partial charge in [0.25, 0.3) is 0 Å². The average molecular weight is 244 g/mol. The van der Waals surface area contributed by atoms with E-state index in [0.717, 1.165) is 16.5 Å². The van der Waals surface area contributed by atoms with Crippen molar-refractivity contribution in [2.45, 2.75) is 5.92 Å². The van der Waals surface area contributed by atoms with Gasteiger partial charge in [0.1, 0.15) is 5.92 Å². The second-order valence-electron chi connectivity index (χ2n) is 3.80. The minimum atomic E-state index is -0.590. The summed E-state index contributed by atoms with van der Waals surface area (Å²) in [6.07, 6.45) is 3.19. The number of carbonyl (C=O) groups is 1. The number of esters is 1. The Kier molecular flexibility index (Phi) is 3.55. The highest BCUT2D eigenvalue weighted by atomic mass is 16.5. The van der Waals surface area contributed by atoms with E-state index < -0.39 is 11.9 Å². The van der Waals surface area contributed by atoms with Gasteiger partial charge in [-0.25, -0.2) is 9.79 Å². The van der Waals surface area contributed by atoms with Gasteiger partial charge in [0.05, 0.1) is 13.7 Å². The molecular formula is C13H12N2O3. The van der Waals surface area contributed by atoms with Crippen molar-refractivity contribution >= 4 is 23.0 Å². The largest absolute Gasteiger partial charge is 0.468 e. The number of ether oxygens (including phenoxy) is 1. The number of aromatic amines is 1. The molecule has 1 N–H and O–H groups in total. The number of hydrogen-bond acceptors (Lipinski definition) is 4. The van der Waals surface area contributed by atoms with Gasteiger partial charge in [0.15, 0.2) is 0 Å². The quantitative estimate of drug-likeness (QED) is 0.506. The van der Waals surface area contributed by atoms with Gasteiger partial charge in [0.2, 0.25) is 6.08 Å². The minimum Gasteiger partial charge on any atom is -0.468 e. The van der Waals surface area contributed by atoms with E-state index in [-0.39, 0.29) is 6.54 Å². The van der Waals surface area contributed by atoms with E-state index in [1.165, 1.54) is 13.2 Å². The van der Waals surface area contributed by atoms with Crippen LogP contribution in [0.25, 0.3) is 10.9 Å². The number of nitrogens with zero attached hydrogens (tertiary/aromatic N) is 1. The highest BCUT2D eigenvalue weighted by Crippen LogP contribution is 2.26. The highest BCUT2D eigenvalue weighted by molar-refractivity contribution is 5.90. The highest BCUT2D eigenvalue weighted by Gasteiger charge is 2.24. The first-order valence-electron chi connectivity index (χ1n) is 5.45. The third-order valence-electron chi connectivity index (χ3n) is 2.82. The van der Waals surface area contributed by atoms with Crippen LogP contribution in [-0.4, -0.2) is 30.7 Å². The molecule has 2 aromatic rings. The van der Waals surface area contributed by atoms with Crippen LogP contribution in [0.1, 0.15) is 11.5 Å². The van der Waals surface area contributed by atoms with Gasteiger partial charge in [-0.05, 0) is 11.6 Å². The van der Waals surface area contributed by atoms with Gasteiger partial charge >= 0.3 is 5.97 Å². The Bertz CT molecular complexity index is 611. The van der Waals surface area contributed by atoms with Crippen molar-refractivity contribution in [3.05, 3.63) is 36.0 Å². The molecule has 0 aliphatic heterocycles. The van der Waals surface area contributed by atoms with Crippen LogP contribution in [0.15, 0.2) is 35.5 Å². The molecule has 0 spiro atoms. The smallest absolute Gasteiger partial charge is 0.315 e. The van der Waals surface area contributed by atoms with Crippen LogP contribution in [0.2, 0.25) is 0 Å². The Morgan fingerprint density at radius 2 is 2.28 bits per heavy atom. The fraction of sp³-hybridized carbons (Fsp3) is 0.231. The number of para-hydroxylation sites is 1. The first-order valence-corrected chi connectivity index (χ1v) is 5.45. The summed E-state index contributed by atoms with van der Waals surface area (Å²) in [5, 5.41) is 0.925. The van der Waals surface area contributed by atoms with Crippen molar-refractivity contribution in [2.75, 3.05) is 13.7 Å². The molecule has 18 heavy (non-hydrogen) atoms. The van der Waals surface area contributed by atoms with Gasteiger partial charge in [-0.2, -0.15) is 0 Å². The monoisotopic (exact) mass is 244 g/mol. The number of carbonyl (C=O) groups excluding carboxylic acids is 2. The second kappa shape index (κ2) is 5.29. The predicted octanol–water partition coefficient (Wildman–Crippen LogP) is 1.76. The van der Waals surface area contributed by atoms with E-state index in [1.54, 1.807) is 6.20 Å². The normalized spacial score (nSPS) is 11.8. The summed E-state index contributed by atoms with van der Waals surface area (Å²) < 4.78 is 4.74. The van der Waals surface area contributed by atoms with Crippen molar-refractivity contribution < 1.29 is 14.3 Å². The lowest BCUT2D eigenvalue weighted by Gasteiger charge is -2.10. The Balaban J connectivity index is 2.46. The van der Waals surface area contributed by atoms with Crippen LogP contribution in [0.3, 0.4) is 0 Å². The number of aromatic nitrogens is 1. The van der Waals surface area contributed by atoms with Crippen LogP contribution in [0.5, 0.6) is 0 Å². The molecule has 92 valence electrons. The number of H-pyrrole nitrogens is 1. The molecule has 5 heteroatoms. The Labute approximate surface area is 103 Å². The molecule has 0 saturated heterocycles. The van der Waals surface area contributed by atoms with Crippen LogP contribution >= 0.6 is 0 Å². The maximum Gasteiger partial charge on any atom is 0.315 e. The summed E-state index contributed by atoms with van der Waals surface area (Å²) in [5.74, 6) is -1.01. The van der Waals surface area contributed by atoms with Gasteiger partial charge in [-0.3, -0.25) is 4.79 Å². The van der Waals surface area contributed by atoms with Crippen molar-refractivity contribution in [3.63, 3.8) is 0 Å². The van der Waals surface area contributed by atoms with E-state index in [2.05, 4.69) is 9.98 Å². The van der Waals surface area contributed by atoms with Gasteiger partial charge < -0.3 is 9.72 Å². The summed E-state index contributed by atoms with van der Waals surface area (Å²) in [5.41, 5.74) is 1.70. The Morgan fingerprint density at radius 3 is 3.00 bits per heavy atom. The lowest BCUT2D eigenvalue weighted by molar-refractivity contribution is -0.142. The molecule has 0 fully saturated rings. The van der Waals surface area contributed by atoms with Crippen LogP contribution in [0, 0.1) is 0 Å². The average Bonchev–Trinajstić information content (AvgIpc) is 2.83. The zero-order valence-electron chi connectivity index (χ0n) is 9.84. The van der Waals surface area contributed by atoms with Crippen molar-refractivity contribution in [1.29, 1.82) is 0 Å². The number of aliphatic imine (C=N–C) groups is 1. The fourth-order valence-electron chi connectivity index (χ4n) is 1.95. The summed E-state index contributed by atoms with van der Waals surface area (Å²) in [6.45, 7) is 0.0397. The number of nitrogens with one attached hydrogen (secondary N) is 1. The zero-order chi connectivity index (χ0) is 13.0. The number of benzene rings is 1. The molecule has 1 heterocycles. The maximum atomic E-state index is 11.7. The summed E-state index contributed by atoms with van der Waals surface area (Å²) in [4.78, 5) is 28.5. The summed E-state index contributed by atoms with van der Waals surface area (Å²) >= 11 is 0. The predicted molar refractivity (Wildman–Crippen MR) is 66.0 cm³/mol. The molecule has 0 bridgehead atoms. The van der Waals surface area contributed by atoms with Gasteiger partial charge in [0, 0.05) is 17.1 Å². The van der Waals surface area contributed by atoms with E-state index in [1.807, 2.05) is 24.3 Å². The lowest BCUT2D eigenvalue weighted by atomic mass is 9.99. The first-order chi connectivity index (χ1) is 8.77. The second-order valence-corrected chi connectivity index (χ2v) is 3.80. The van der Waals surface area contributed by atoms with Crippen LogP contribution in [-0.2, 0) is 14.3 Å². The molecule has 1 unspecified atom stereocenters. The molecule has 0 aliphatic carbocycles. The van der Waals surface area contributed by atoms with Crippen molar-refractivity contribution in [2.24, 2.45) is 4.99 Å². The van der Waals surface area contributed by atoms with E-state index in [9.17, 15) is 9.59 Å². The molecule has 1 aromatic heterocycles. The first kappa shape index (κ1) is 12.1. The summed E-state index contributed by atoms with van der Waals surface area (Å²) in [6, 6.07) is 7.61. The molecule has 2 rings (SSSR count). The zero-order valence-corrected chi connectivity index (χ0v) is 9.84. The van der Waals surface area contributed by atoms with Crippen molar-refractivity contribution in [1.82, 2.24) is 4.98 Å². The van der Waals surface area contributed by atoms with E-state index in [0.29, 0.717) is 0 Å². The SMILES string of the molecule is COC(=O)C(CN=C=O)c1c[nH]c2ccccc12. The fourth-order valence-corrected chi connectivity index (χ4v) is 1.95. The van der Waals surface area contributed by atoms with Crippen LogP contribution in [0.4, 0.5) is 0 Å². The molecule has 0 saturated carbocycles. The van der Waals surface area contributed by atoms with E-state index in [4.69, 9.17) is 4.74 Å². The number of fused-ring (bicyclic) bond motifs is 1. The molecular weight excluding hydrogens is 232 g/mol. The topological polar surface area (TPSA) is 71.5 Å². The Morgan fingerprint density at radius 1 is 1.50 bits per heavy atom. The van der Waals surface area contributed by atoms with Crippen LogP contribution < -0.4 is 0 Å². The number of isocyanates is 1. The lowest BCUT2D eigenvalue weighted by Crippen LogP contribution is -2.16. The van der Waals surface area contributed by atoms with Gasteiger partial charge in [-0.1, -0.05) is 18.2 Å². The van der Waals surface area contributed by atoms with Crippen molar-refractivity contribution in [3.8, 4) is 0 Å². The summed E-state index contributed by atoms with van der Waals surface area (Å²) in [7, 11) is 1.31. The van der Waals surface area contributed by atoms with Gasteiger partial charge in [-0.15, -0.1) is 0 Å². The molecule has 0 aliphatic rings. The molecule has 0 radical (unpaired) electrons. The number of hydrogen-bond donors (Lipinski definition) is 1. The third-order valence-corrected chi connectivity index (χ3v) is 2.82. The number of rotatable bonds is 4. The van der Waals surface area contributed by atoms with E-state index >= 15 is 0 Å². The minimum absolute atomic E-state index is 0.0397. The standard InChI is InChI=1S/C13H12N2O3/c1-18-13(17)11(6-14-8-16)10-7-15-12-5-3-2-4-9(10)12/h2-5,7,11,15H,6H2,1H3. The molecule has 0 amide bonds.